The van der Waals surface area contributed by atoms with Gasteiger partial charge in [-0.15, -0.1) is 0 Å². The Balaban J connectivity index is 1.99. The van der Waals surface area contributed by atoms with Gasteiger partial charge in [0.1, 0.15) is 5.56 Å². The van der Waals surface area contributed by atoms with Crippen LogP contribution in [0.1, 0.15) is 17.3 Å². The summed E-state index contributed by atoms with van der Waals surface area (Å²) in [4.78, 5) is 46.1. The number of urea groups is 1. The number of carbonyl (C=O) groups is 3. The van der Waals surface area contributed by atoms with Crippen molar-refractivity contribution in [2.24, 2.45) is 0 Å². The van der Waals surface area contributed by atoms with Crippen LogP contribution >= 0.6 is 11.6 Å². The van der Waals surface area contributed by atoms with Crippen molar-refractivity contribution in [3.63, 3.8) is 0 Å². The highest BCUT2D eigenvalue weighted by Crippen LogP contribution is 2.24. The predicted molar refractivity (Wildman–Crippen MR) is 96.6 cm³/mol. The molecule has 10 heteroatoms. The number of benzene rings is 2. The number of nitrogens with zero attached hydrogens (tertiary/aromatic N) is 1. The van der Waals surface area contributed by atoms with Crippen molar-refractivity contribution in [2.45, 2.75) is 13.0 Å². The molecule has 1 atom stereocenters. The summed E-state index contributed by atoms with van der Waals surface area (Å²) in [5, 5.41) is 15.5. The molecule has 0 unspecified atom stereocenters. The Hall–Kier alpha value is -3.46. The number of rotatable bonds is 5. The number of hydrogen-bond donors (Lipinski definition) is 2. The van der Waals surface area contributed by atoms with Crippen LogP contribution in [0.4, 0.5) is 16.2 Å². The molecule has 0 aliphatic heterocycles. The van der Waals surface area contributed by atoms with E-state index < -0.39 is 34.6 Å². The van der Waals surface area contributed by atoms with E-state index in [1.54, 1.807) is 30.3 Å². The van der Waals surface area contributed by atoms with Crippen molar-refractivity contribution < 1.29 is 24.0 Å². The third-order valence-corrected chi connectivity index (χ3v) is 3.53. The van der Waals surface area contributed by atoms with Gasteiger partial charge in [0.25, 0.3) is 11.6 Å². The number of anilines is 1. The Morgan fingerprint density at radius 3 is 2.44 bits per heavy atom. The fourth-order valence-electron chi connectivity index (χ4n) is 2.00. The fourth-order valence-corrected chi connectivity index (χ4v) is 2.17. The number of halogens is 1. The minimum Gasteiger partial charge on any atom is -0.449 e. The molecule has 0 saturated carbocycles. The predicted octanol–water partition coefficient (Wildman–Crippen LogP) is 3.14. The minimum atomic E-state index is -1.37. The molecule has 0 bridgehead atoms. The number of nitrogens with one attached hydrogen (secondary N) is 2. The van der Waals surface area contributed by atoms with Crippen LogP contribution < -0.4 is 10.6 Å². The first-order chi connectivity index (χ1) is 12.8. The molecule has 0 fully saturated rings. The van der Waals surface area contributed by atoms with E-state index in [0.717, 1.165) is 12.1 Å². The fraction of sp³-hybridized carbons (Fsp3) is 0.118. The Kier molecular flexibility index (Phi) is 6.45. The number of esters is 1. The van der Waals surface area contributed by atoms with E-state index in [-0.39, 0.29) is 10.6 Å². The number of hydrogen-bond acceptors (Lipinski definition) is 6. The molecule has 0 aromatic heterocycles. The Labute approximate surface area is 158 Å². The van der Waals surface area contributed by atoms with Crippen LogP contribution in [0.3, 0.4) is 0 Å². The lowest BCUT2D eigenvalue weighted by molar-refractivity contribution is -0.385. The molecule has 2 rings (SSSR count). The smallest absolute Gasteiger partial charge is 0.345 e. The highest BCUT2D eigenvalue weighted by Gasteiger charge is 2.26. The quantitative estimate of drug-likeness (QED) is 0.457. The third-order valence-electron chi connectivity index (χ3n) is 3.30. The summed E-state index contributed by atoms with van der Waals surface area (Å²) in [5.41, 5.74) is -0.455. The van der Waals surface area contributed by atoms with Gasteiger partial charge in [0.05, 0.1) is 4.92 Å². The molecule has 2 N–H and O–H groups in total. The van der Waals surface area contributed by atoms with Crippen molar-refractivity contribution >= 4 is 40.9 Å². The second kappa shape index (κ2) is 8.77. The summed E-state index contributed by atoms with van der Waals surface area (Å²) in [5.74, 6) is -1.99. The third kappa shape index (κ3) is 5.51. The van der Waals surface area contributed by atoms with E-state index >= 15 is 0 Å². The van der Waals surface area contributed by atoms with E-state index in [9.17, 15) is 24.5 Å². The molecular weight excluding hydrogens is 378 g/mol. The van der Waals surface area contributed by atoms with Gasteiger partial charge in [-0.05, 0) is 31.2 Å². The monoisotopic (exact) mass is 391 g/mol. The zero-order chi connectivity index (χ0) is 20.0. The lowest BCUT2D eigenvalue weighted by Crippen LogP contribution is -2.41. The molecule has 2 aromatic rings. The van der Waals surface area contributed by atoms with Crippen LogP contribution in [0.2, 0.25) is 5.02 Å². The Morgan fingerprint density at radius 1 is 1.15 bits per heavy atom. The van der Waals surface area contributed by atoms with E-state index in [0.29, 0.717) is 5.69 Å². The minimum absolute atomic E-state index is 0.0709. The van der Waals surface area contributed by atoms with Gasteiger partial charge in [-0.25, -0.2) is 9.59 Å². The molecule has 2 aromatic carbocycles. The molecule has 0 spiro atoms. The standard InChI is InChI=1S/C17H14ClN3O6/c1-10(15(22)20-17(24)19-12-5-3-2-4-6-12)27-16(23)13-8-7-11(18)9-14(13)21(25)26/h2-10H,1H3,(H2,19,20,22,24)/t10-/m1/s1. The molecule has 9 nitrogen and oxygen atoms in total. The molecule has 0 aliphatic carbocycles. The molecule has 0 radical (unpaired) electrons. The van der Waals surface area contributed by atoms with Crippen LogP contribution in [0.15, 0.2) is 48.5 Å². The largest absolute Gasteiger partial charge is 0.449 e. The van der Waals surface area contributed by atoms with Crippen LogP contribution in [0.5, 0.6) is 0 Å². The maximum atomic E-state index is 12.1. The molecule has 3 amide bonds. The van der Waals surface area contributed by atoms with E-state index in [2.05, 4.69) is 5.32 Å². The lowest BCUT2D eigenvalue weighted by atomic mass is 10.2. The van der Waals surface area contributed by atoms with Crippen molar-refractivity contribution in [1.29, 1.82) is 0 Å². The number of para-hydroxylation sites is 1. The Morgan fingerprint density at radius 2 is 1.81 bits per heavy atom. The normalized spacial score (nSPS) is 11.2. The summed E-state index contributed by atoms with van der Waals surface area (Å²) in [6.07, 6.45) is -1.37. The summed E-state index contributed by atoms with van der Waals surface area (Å²) in [7, 11) is 0. The Bertz CT molecular complexity index is 887. The second-order valence-corrected chi connectivity index (χ2v) is 5.71. The van der Waals surface area contributed by atoms with E-state index in [4.69, 9.17) is 16.3 Å². The zero-order valence-corrected chi connectivity index (χ0v) is 14.7. The number of amides is 3. The number of ether oxygens (including phenoxy) is 1. The number of imide groups is 1. The van der Waals surface area contributed by atoms with Gasteiger partial charge in [-0.1, -0.05) is 29.8 Å². The molecule has 0 saturated heterocycles. The van der Waals surface area contributed by atoms with Crippen molar-refractivity contribution in [1.82, 2.24) is 5.32 Å². The molecular formula is C17H14ClN3O6. The van der Waals surface area contributed by atoms with Crippen LogP contribution in [-0.2, 0) is 9.53 Å². The van der Waals surface area contributed by atoms with Crippen molar-refractivity contribution in [2.75, 3.05) is 5.32 Å². The van der Waals surface area contributed by atoms with Crippen LogP contribution in [-0.4, -0.2) is 28.9 Å². The first kappa shape index (κ1) is 19.9. The SMILES string of the molecule is C[C@@H](OC(=O)c1ccc(Cl)cc1[N+](=O)[O-])C(=O)NC(=O)Nc1ccccc1. The summed E-state index contributed by atoms with van der Waals surface area (Å²) < 4.78 is 4.90. The van der Waals surface area contributed by atoms with Gasteiger partial charge in [0.15, 0.2) is 6.10 Å². The van der Waals surface area contributed by atoms with Gasteiger partial charge >= 0.3 is 12.0 Å². The lowest BCUT2D eigenvalue weighted by Gasteiger charge is -2.13. The zero-order valence-electron chi connectivity index (χ0n) is 14.0. The van der Waals surface area contributed by atoms with Gasteiger partial charge in [-0.2, -0.15) is 0 Å². The topological polar surface area (TPSA) is 128 Å². The maximum Gasteiger partial charge on any atom is 0.345 e. The van der Waals surface area contributed by atoms with Gasteiger partial charge in [-0.3, -0.25) is 20.2 Å². The number of nitro benzene ring substituents is 1. The van der Waals surface area contributed by atoms with Crippen LogP contribution in [0, 0.1) is 10.1 Å². The first-order valence-corrected chi connectivity index (χ1v) is 7.97. The molecule has 0 heterocycles. The van der Waals surface area contributed by atoms with E-state index in [1.165, 1.54) is 13.0 Å². The second-order valence-electron chi connectivity index (χ2n) is 5.28. The highest BCUT2D eigenvalue weighted by molar-refractivity contribution is 6.31. The highest BCUT2D eigenvalue weighted by atomic mass is 35.5. The van der Waals surface area contributed by atoms with Crippen molar-refractivity contribution in [3.8, 4) is 0 Å². The first-order valence-electron chi connectivity index (χ1n) is 7.59. The maximum absolute atomic E-state index is 12.1. The summed E-state index contributed by atoms with van der Waals surface area (Å²) in [6, 6.07) is 11.0. The molecule has 140 valence electrons. The van der Waals surface area contributed by atoms with E-state index in [1.807, 2.05) is 5.32 Å². The van der Waals surface area contributed by atoms with Crippen molar-refractivity contribution in [3.05, 3.63) is 69.2 Å². The van der Waals surface area contributed by atoms with Gasteiger partial charge in [0, 0.05) is 16.8 Å². The summed E-state index contributed by atoms with van der Waals surface area (Å²) in [6.45, 7) is 1.23. The average Bonchev–Trinajstić information content (AvgIpc) is 2.62. The summed E-state index contributed by atoms with van der Waals surface area (Å²) >= 11 is 5.68. The average molecular weight is 392 g/mol. The van der Waals surface area contributed by atoms with Gasteiger partial charge < -0.3 is 10.1 Å². The molecule has 27 heavy (non-hydrogen) atoms. The number of nitro groups is 1. The van der Waals surface area contributed by atoms with Crippen LogP contribution in [0.25, 0.3) is 0 Å². The molecule has 0 aliphatic rings. The number of carbonyl (C=O) groups excluding carboxylic acids is 3. The van der Waals surface area contributed by atoms with Gasteiger partial charge in [0.2, 0.25) is 0 Å².